The molecule has 0 spiro atoms. The average molecular weight is 224 g/mol. The van der Waals surface area contributed by atoms with Gasteiger partial charge in [-0.05, 0) is 39.1 Å². The SMILES string of the molecule is C=CC[C@]1(C)C(=O)CC=C1O[Si](C)(C)C. The summed E-state index contributed by atoms with van der Waals surface area (Å²) in [7, 11) is -1.62. The number of ketones is 1. The van der Waals surface area contributed by atoms with Gasteiger partial charge >= 0.3 is 0 Å². The summed E-state index contributed by atoms with van der Waals surface area (Å²) < 4.78 is 5.97. The maximum Gasteiger partial charge on any atom is 0.241 e. The normalized spacial score (nSPS) is 26.4. The summed E-state index contributed by atoms with van der Waals surface area (Å²) in [5.74, 6) is 1.11. The second kappa shape index (κ2) is 3.97. The molecule has 0 aromatic rings. The van der Waals surface area contributed by atoms with Crippen molar-refractivity contribution in [1.82, 2.24) is 0 Å². The van der Waals surface area contributed by atoms with E-state index in [0.29, 0.717) is 12.8 Å². The third kappa shape index (κ3) is 2.59. The van der Waals surface area contributed by atoms with E-state index in [1.807, 2.05) is 13.0 Å². The molecule has 0 amide bonds. The molecule has 0 N–H and O–H groups in total. The lowest BCUT2D eigenvalue weighted by Crippen LogP contribution is -2.33. The van der Waals surface area contributed by atoms with Crippen LogP contribution in [0.25, 0.3) is 0 Å². The molecule has 0 fully saturated rings. The first-order chi connectivity index (χ1) is 6.79. The van der Waals surface area contributed by atoms with Crippen molar-refractivity contribution >= 4 is 14.1 Å². The largest absolute Gasteiger partial charge is 0.547 e. The number of carbonyl (C=O) groups excluding carboxylic acids is 1. The molecule has 84 valence electrons. The predicted molar refractivity (Wildman–Crippen MR) is 65.1 cm³/mol. The predicted octanol–water partition coefficient (Wildman–Crippen LogP) is 3.28. The molecule has 1 aliphatic rings. The van der Waals surface area contributed by atoms with Gasteiger partial charge in [0, 0.05) is 6.42 Å². The molecule has 0 saturated carbocycles. The first-order valence-corrected chi connectivity index (χ1v) is 8.74. The van der Waals surface area contributed by atoms with E-state index in [2.05, 4.69) is 26.2 Å². The lowest BCUT2D eigenvalue weighted by atomic mass is 9.84. The van der Waals surface area contributed by atoms with Crippen LogP contribution in [0, 0.1) is 5.41 Å². The summed E-state index contributed by atoms with van der Waals surface area (Å²) >= 11 is 0. The van der Waals surface area contributed by atoms with Gasteiger partial charge in [0.2, 0.25) is 8.32 Å². The van der Waals surface area contributed by atoms with E-state index in [0.717, 1.165) is 5.76 Å². The van der Waals surface area contributed by atoms with Crippen LogP contribution >= 0.6 is 0 Å². The molecule has 0 heterocycles. The highest BCUT2D eigenvalue weighted by molar-refractivity contribution is 6.70. The number of allylic oxidation sites excluding steroid dienone is 3. The Hall–Kier alpha value is -0.833. The fourth-order valence-electron chi connectivity index (χ4n) is 1.76. The van der Waals surface area contributed by atoms with Crippen LogP contribution in [0.3, 0.4) is 0 Å². The van der Waals surface area contributed by atoms with Crippen molar-refractivity contribution in [2.45, 2.75) is 39.4 Å². The van der Waals surface area contributed by atoms with Crippen LogP contribution in [0.15, 0.2) is 24.5 Å². The first kappa shape index (κ1) is 12.2. The van der Waals surface area contributed by atoms with E-state index in [1.165, 1.54) is 0 Å². The summed E-state index contributed by atoms with van der Waals surface area (Å²) in [4.78, 5) is 11.8. The molecule has 0 unspecified atom stereocenters. The second-order valence-corrected chi connectivity index (χ2v) is 9.66. The zero-order valence-corrected chi connectivity index (χ0v) is 11.1. The second-order valence-electron chi connectivity index (χ2n) is 5.24. The Labute approximate surface area is 93.1 Å². The summed E-state index contributed by atoms with van der Waals surface area (Å²) in [6.07, 6.45) is 4.90. The van der Waals surface area contributed by atoms with Gasteiger partial charge in [-0.2, -0.15) is 0 Å². The van der Waals surface area contributed by atoms with Crippen LogP contribution in [0.1, 0.15) is 19.8 Å². The number of hydrogen-bond acceptors (Lipinski definition) is 2. The first-order valence-electron chi connectivity index (χ1n) is 5.33. The molecular weight excluding hydrogens is 204 g/mol. The maximum atomic E-state index is 11.8. The van der Waals surface area contributed by atoms with Crippen molar-refractivity contribution in [2.24, 2.45) is 5.41 Å². The molecule has 15 heavy (non-hydrogen) atoms. The van der Waals surface area contributed by atoms with Crippen molar-refractivity contribution < 1.29 is 9.22 Å². The summed E-state index contributed by atoms with van der Waals surface area (Å²) in [5.41, 5.74) is -0.456. The minimum atomic E-state index is -1.62. The van der Waals surface area contributed by atoms with Gasteiger partial charge in [-0.3, -0.25) is 4.79 Å². The molecule has 1 atom stereocenters. The van der Waals surface area contributed by atoms with Crippen LogP contribution < -0.4 is 0 Å². The Morgan fingerprint density at radius 1 is 1.60 bits per heavy atom. The number of rotatable bonds is 4. The van der Waals surface area contributed by atoms with Gasteiger partial charge in [-0.25, -0.2) is 0 Å². The molecule has 0 aliphatic heterocycles. The van der Waals surface area contributed by atoms with E-state index < -0.39 is 13.7 Å². The standard InChI is InChI=1S/C12H20O2Si/c1-6-9-12(2)10(13)7-8-11(12)14-15(3,4)5/h6,8H,1,7,9H2,2-5H3/t12-/m1/s1. The topological polar surface area (TPSA) is 26.3 Å². The smallest absolute Gasteiger partial charge is 0.241 e. The molecule has 0 aromatic heterocycles. The number of hydrogen-bond donors (Lipinski definition) is 0. The van der Waals surface area contributed by atoms with Crippen molar-refractivity contribution in [3.8, 4) is 0 Å². The summed E-state index contributed by atoms with van der Waals surface area (Å²) in [6.45, 7) is 12.1. The van der Waals surface area contributed by atoms with Gasteiger partial charge < -0.3 is 4.43 Å². The quantitative estimate of drug-likeness (QED) is 0.541. The molecular formula is C12H20O2Si. The van der Waals surface area contributed by atoms with Crippen molar-refractivity contribution in [3.63, 3.8) is 0 Å². The highest BCUT2D eigenvalue weighted by atomic mass is 28.4. The van der Waals surface area contributed by atoms with Crippen LogP contribution in [0.4, 0.5) is 0 Å². The van der Waals surface area contributed by atoms with E-state index in [9.17, 15) is 4.79 Å². The van der Waals surface area contributed by atoms with Crippen LogP contribution in [-0.4, -0.2) is 14.1 Å². The highest BCUT2D eigenvalue weighted by Crippen LogP contribution is 2.40. The Kier molecular flexibility index (Phi) is 3.24. The van der Waals surface area contributed by atoms with Gasteiger partial charge in [0.25, 0.3) is 0 Å². The fourth-order valence-corrected chi connectivity index (χ4v) is 2.73. The summed E-state index contributed by atoms with van der Waals surface area (Å²) in [6, 6.07) is 0. The fraction of sp³-hybridized carbons (Fsp3) is 0.583. The van der Waals surface area contributed by atoms with Gasteiger partial charge in [-0.1, -0.05) is 6.08 Å². The minimum Gasteiger partial charge on any atom is -0.547 e. The molecule has 1 rings (SSSR count). The maximum absolute atomic E-state index is 11.8. The van der Waals surface area contributed by atoms with Gasteiger partial charge in [0.15, 0.2) is 0 Å². The van der Waals surface area contributed by atoms with Gasteiger partial charge in [-0.15, -0.1) is 6.58 Å². The van der Waals surface area contributed by atoms with Gasteiger partial charge in [0.05, 0.1) is 11.2 Å². The van der Waals surface area contributed by atoms with Crippen molar-refractivity contribution in [3.05, 3.63) is 24.5 Å². The molecule has 0 saturated heterocycles. The van der Waals surface area contributed by atoms with Gasteiger partial charge in [0.1, 0.15) is 5.78 Å². The van der Waals surface area contributed by atoms with E-state index in [-0.39, 0.29) is 5.78 Å². The highest BCUT2D eigenvalue weighted by Gasteiger charge is 2.42. The molecule has 2 nitrogen and oxygen atoms in total. The molecule has 0 aromatic carbocycles. The average Bonchev–Trinajstić information content (AvgIpc) is 2.31. The van der Waals surface area contributed by atoms with E-state index in [1.54, 1.807) is 6.08 Å². The Morgan fingerprint density at radius 3 is 2.67 bits per heavy atom. The van der Waals surface area contributed by atoms with E-state index in [4.69, 9.17) is 4.43 Å². The van der Waals surface area contributed by atoms with Crippen molar-refractivity contribution in [1.29, 1.82) is 0 Å². The Balaban J connectivity index is 2.89. The minimum absolute atomic E-state index is 0.246. The molecule has 3 heteroatoms. The van der Waals surface area contributed by atoms with Crippen LogP contribution in [-0.2, 0) is 9.22 Å². The lowest BCUT2D eigenvalue weighted by Gasteiger charge is -2.30. The number of Topliss-reactive ketones (excluding diaryl/α,β-unsaturated/α-hetero) is 1. The van der Waals surface area contributed by atoms with Crippen LogP contribution in [0.2, 0.25) is 19.6 Å². The lowest BCUT2D eigenvalue weighted by molar-refractivity contribution is -0.124. The monoisotopic (exact) mass is 224 g/mol. The molecule has 1 aliphatic carbocycles. The van der Waals surface area contributed by atoms with Crippen LogP contribution in [0.5, 0.6) is 0 Å². The van der Waals surface area contributed by atoms with Crippen molar-refractivity contribution in [2.75, 3.05) is 0 Å². The zero-order valence-electron chi connectivity index (χ0n) is 10.1. The number of carbonyl (C=O) groups is 1. The Bertz CT molecular complexity index is 312. The van der Waals surface area contributed by atoms with E-state index >= 15 is 0 Å². The third-order valence-electron chi connectivity index (χ3n) is 2.60. The summed E-state index contributed by atoms with van der Waals surface area (Å²) in [5, 5.41) is 0. The molecule has 0 radical (unpaired) electrons. The zero-order chi connectivity index (χ0) is 11.7. The molecule has 0 bridgehead atoms. The Morgan fingerprint density at radius 2 is 2.20 bits per heavy atom. The third-order valence-corrected chi connectivity index (χ3v) is 3.43.